The maximum absolute atomic E-state index is 12.0. The van der Waals surface area contributed by atoms with Crippen LogP contribution >= 0.6 is 11.8 Å². The van der Waals surface area contributed by atoms with Crippen LogP contribution in [0.2, 0.25) is 0 Å². The Hall–Kier alpha value is -2.01. The fourth-order valence-corrected chi connectivity index (χ4v) is 2.45. The van der Waals surface area contributed by atoms with Crippen LogP contribution < -0.4 is 11.1 Å². The summed E-state index contributed by atoms with van der Waals surface area (Å²) in [5.74, 6) is 0.485. The molecule has 0 aliphatic rings. The Labute approximate surface area is 116 Å². The van der Waals surface area contributed by atoms with Crippen molar-refractivity contribution in [1.82, 2.24) is 4.98 Å². The summed E-state index contributed by atoms with van der Waals surface area (Å²) in [5, 5.41) is 2.56. The number of carbonyl (C=O) groups is 1. The van der Waals surface area contributed by atoms with Crippen LogP contribution in [0.3, 0.4) is 0 Å². The molecule has 5 heteroatoms. The number of carbonyl (C=O) groups excluding carboxylic acids is 1. The summed E-state index contributed by atoms with van der Waals surface area (Å²) < 4.78 is 0. The van der Waals surface area contributed by atoms with E-state index in [9.17, 15) is 4.79 Å². The van der Waals surface area contributed by atoms with Crippen molar-refractivity contribution in [3.8, 4) is 0 Å². The number of nitrogens with two attached hydrogens (primary N) is 1. The van der Waals surface area contributed by atoms with Crippen LogP contribution in [-0.4, -0.2) is 16.1 Å². The summed E-state index contributed by atoms with van der Waals surface area (Å²) in [4.78, 5) is 17.0. The van der Waals surface area contributed by atoms with Gasteiger partial charge in [0.05, 0.1) is 5.25 Å². The number of thioether (sulfide) groups is 1. The number of amides is 1. The van der Waals surface area contributed by atoms with E-state index in [0.29, 0.717) is 11.5 Å². The Morgan fingerprint density at radius 2 is 2.16 bits per heavy atom. The molecule has 1 heterocycles. The number of rotatable bonds is 4. The fourth-order valence-electron chi connectivity index (χ4n) is 1.51. The van der Waals surface area contributed by atoms with Crippen molar-refractivity contribution in [3.63, 3.8) is 0 Å². The summed E-state index contributed by atoms with van der Waals surface area (Å²) >= 11 is 1.47. The zero-order chi connectivity index (χ0) is 13.7. The van der Waals surface area contributed by atoms with Crippen molar-refractivity contribution in [3.05, 3.63) is 48.7 Å². The van der Waals surface area contributed by atoms with E-state index in [-0.39, 0.29) is 11.2 Å². The van der Waals surface area contributed by atoms with Gasteiger partial charge in [0.25, 0.3) is 0 Å². The molecular formula is C14H15N3OS. The lowest BCUT2D eigenvalue weighted by Gasteiger charge is -2.11. The average Bonchev–Trinajstić information content (AvgIpc) is 2.40. The zero-order valence-electron chi connectivity index (χ0n) is 10.5. The van der Waals surface area contributed by atoms with E-state index in [1.54, 1.807) is 18.3 Å². The quantitative estimate of drug-likeness (QED) is 0.664. The van der Waals surface area contributed by atoms with Crippen LogP contribution in [0.25, 0.3) is 0 Å². The summed E-state index contributed by atoms with van der Waals surface area (Å²) in [5.41, 5.74) is 6.41. The number of hydrogen-bond acceptors (Lipinski definition) is 4. The molecule has 0 fully saturated rings. The maximum atomic E-state index is 12.0. The number of pyridine rings is 1. The van der Waals surface area contributed by atoms with Gasteiger partial charge in [-0.05, 0) is 37.3 Å². The summed E-state index contributed by atoms with van der Waals surface area (Å²) in [6.45, 7) is 1.85. The molecule has 4 nitrogen and oxygen atoms in total. The number of nitrogen functional groups attached to an aromatic ring is 1. The van der Waals surface area contributed by atoms with Gasteiger partial charge in [0.1, 0.15) is 5.82 Å². The van der Waals surface area contributed by atoms with E-state index in [1.165, 1.54) is 11.8 Å². The molecule has 0 saturated carbocycles. The molecule has 3 N–H and O–H groups in total. The van der Waals surface area contributed by atoms with Crippen LogP contribution in [0, 0.1) is 0 Å². The predicted molar refractivity (Wildman–Crippen MR) is 79.0 cm³/mol. The molecule has 98 valence electrons. The van der Waals surface area contributed by atoms with Gasteiger partial charge in [-0.15, -0.1) is 11.8 Å². The Morgan fingerprint density at radius 3 is 2.84 bits per heavy atom. The van der Waals surface area contributed by atoms with Gasteiger partial charge in [-0.1, -0.05) is 12.1 Å². The summed E-state index contributed by atoms with van der Waals surface area (Å²) in [7, 11) is 0. The highest BCUT2D eigenvalue weighted by atomic mass is 32.2. The van der Waals surface area contributed by atoms with Gasteiger partial charge < -0.3 is 11.1 Å². The topological polar surface area (TPSA) is 68.0 Å². The number of nitrogens with one attached hydrogen (secondary N) is 1. The molecular weight excluding hydrogens is 258 g/mol. The lowest BCUT2D eigenvalue weighted by atomic mass is 10.3. The summed E-state index contributed by atoms with van der Waals surface area (Å²) in [6, 6.07) is 12.9. The molecule has 1 atom stereocenters. The molecule has 2 aromatic rings. The van der Waals surface area contributed by atoms with Gasteiger partial charge in [-0.3, -0.25) is 4.79 Å². The first-order valence-corrected chi connectivity index (χ1v) is 6.77. The van der Waals surface area contributed by atoms with E-state index in [1.807, 2.05) is 37.3 Å². The van der Waals surface area contributed by atoms with Gasteiger partial charge in [-0.25, -0.2) is 4.98 Å². The molecule has 0 aliphatic carbocycles. The van der Waals surface area contributed by atoms with Gasteiger partial charge in [-0.2, -0.15) is 0 Å². The Balaban J connectivity index is 1.96. The molecule has 19 heavy (non-hydrogen) atoms. The Kier molecular flexibility index (Phi) is 4.41. The van der Waals surface area contributed by atoms with E-state index in [2.05, 4.69) is 10.3 Å². The number of anilines is 2. The number of nitrogens with zero attached hydrogens (tertiary/aromatic N) is 1. The standard InChI is InChI=1S/C14H15N3OS/c1-10(19-12-6-4-5-11(15)9-12)14(18)17-13-7-2-3-8-16-13/h2-10H,15H2,1H3,(H,16,17,18). The van der Waals surface area contributed by atoms with Crippen LogP contribution in [0.4, 0.5) is 11.5 Å². The minimum Gasteiger partial charge on any atom is -0.399 e. The predicted octanol–water partition coefficient (Wildman–Crippen LogP) is 2.78. The maximum Gasteiger partial charge on any atom is 0.238 e. The second-order valence-corrected chi connectivity index (χ2v) is 5.45. The van der Waals surface area contributed by atoms with E-state index in [4.69, 9.17) is 5.73 Å². The van der Waals surface area contributed by atoms with Gasteiger partial charge in [0, 0.05) is 16.8 Å². The third-order valence-corrected chi connectivity index (χ3v) is 3.55. The fraction of sp³-hybridized carbons (Fsp3) is 0.143. The first kappa shape index (κ1) is 13.4. The molecule has 0 aliphatic heterocycles. The minimum absolute atomic E-state index is 0.0777. The highest BCUT2D eigenvalue weighted by Crippen LogP contribution is 2.25. The zero-order valence-corrected chi connectivity index (χ0v) is 11.4. The van der Waals surface area contributed by atoms with E-state index >= 15 is 0 Å². The van der Waals surface area contributed by atoms with Crippen LogP contribution in [-0.2, 0) is 4.79 Å². The van der Waals surface area contributed by atoms with E-state index < -0.39 is 0 Å². The van der Waals surface area contributed by atoms with Crippen molar-refractivity contribution in [2.45, 2.75) is 17.1 Å². The average molecular weight is 273 g/mol. The monoisotopic (exact) mass is 273 g/mol. The molecule has 0 spiro atoms. The highest BCUT2D eigenvalue weighted by molar-refractivity contribution is 8.00. The van der Waals surface area contributed by atoms with Crippen molar-refractivity contribution in [1.29, 1.82) is 0 Å². The molecule has 1 aromatic heterocycles. The Bertz CT molecular complexity index is 560. The SMILES string of the molecule is CC(Sc1cccc(N)c1)C(=O)Nc1ccccn1. The molecule has 0 bridgehead atoms. The number of hydrogen-bond donors (Lipinski definition) is 2. The van der Waals surface area contributed by atoms with Crippen molar-refractivity contribution in [2.24, 2.45) is 0 Å². The lowest BCUT2D eigenvalue weighted by Crippen LogP contribution is -2.22. The second kappa shape index (κ2) is 6.24. The van der Waals surface area contributed by atoms with Gasteiger partial charge >= 0.3 is 0 Å². The van der Waals surface area contributed by atoms with Crippen molar-refractivity contribution < 1.29 is 4.79 Å². The first-order chi connectivity index (χ1) is 9.15. The lowest BCUT2D eigenvalue weighted by molar-refractivity contribution is -0.115. The smallest absolute Gasteiger partial charge is 0.238 e. The second-order valence-electron chi connectivity index (χ2n) is 4.04. The van der Waals surface area contributed by atoms with Gasteiger partial charge in [0.15, 0.2) is 0 Å². The first-order valence-electron chi connectivity index (χ1n) is 5.89. The van der Waals surface area contributed by atoms with Crippen LogP contribution in [0.15, 0.2) is 53.6 Å². The Morgan fingerprint density at radius 1 is 1.32 bits per heavy atom. The number of aromatic nitrogens is 1. The largest absolute Gasteiger partial charge is 0.399 e. The third kappa shape index (κ3) is 3.99. The van der Waals surface area contributed by atoms with E-state index in [0.717, 1.165) is 4.90 Å². The van der Waals surface area contributed by atoms with Crippen molar-refractivity contribution in [2.75, 3.05) is 11.1 Å². The molecule has 1 aromatic carbocycles. The third-order valence-electron chi connectivity index (χ3n) is 2.46. The molecule has 1 amide bonds. The van der Waals surface area contributed by atoms with Gasteiger partial charge in [0.2, 0.25) is 5.91 Å². The van der Waals surface area contributed by atoms with Crippen LogP contribution in [0.1, 0.15) is 6.92 Å². The summed E-state index contributed by atoms with van der Waals surface area (Å²) in [6.07, 6.45) is 1.64. The molecule has 2 rings (SSSR count). The van der Waals surface area contributed by atoms with Crippen molar-refractivity contribution >= 4 is 29.2 Å². The highest BCUT2D eigenvalue weighted by Gasteiger charge is 2.14. The van der Waals surface area contributed by atoms with Crippen LogP contribution in [0.5, 0.6) is 0 Å². The molecule has 0 radical (unpaired) electrons. The minimum atomic E-state index is -0.219. The number of benzene rings is 1. The normalized spacial score (nSPS) is 11.8. The molecule has 1 unspecified atom stereocenters. The molecule has 0 saturated heterocycles.